The van der Waals surface area contributed by atoms with Crippen LogP contribution < -0.4 is 5.32 Å². The molecule has 2 aromatic heterocycles. The van der Waals surface area contributed by atoms with Crippen LogP contribution in [0.1, 0.15) is 27.5 Å². The van der Waals surface area contributed by atoms with E-state index < -0.39 is 0 Å². The first-order valence-corrected chi connectivity index (χ1v) is 6.36. The molecule has 0 atom stereocenters. The number of carbonyl (C=O) groups is 1. The van der Waals surface area contributed by atoms with Gasteiger partial charge in [0.1, 0.15) is 0 Å². The van der Waals surface area contributed by atoms with Crippen molar-refractivity contribution in [2.45, 2.75) is 13.0 Å². The molecule has 1 amide bonds. The molecular formula is C11H11N5O2S. The average molecular weight is 277 g/mol. The van der Waals surface area contributed by atoms with Crippen LogP contribution in [0.3, 0.4) is 0 Å². The van der Waals surface area contributed by atoms with Gasteiger partial charge >= 0.3 is 0 Å². The number of tetrazole rings is 1. The van der Waals surface area contributed by atoms with Crippen LogP contribution >= 0.6 is 11.3 Å². The van der Waals surface area contributed by atoms with Crippen LogP contribution in [0.25, 0.3) is 0 Å². The summed E-state index contributed by atoms with van der Waals surface area (Å²) in [5, 5.41) is 26.2. The van der Waals surface area contributed by atoms with Crippen molar-refractivity contribution in [1.29, 1.82) is 0 Å². The fourth-order valence-electron chi connectivity index (χ4n) is 1.25. The fraction of sp³-hybridized carbons (Fsp3) is 0.273. The lowest BCUT2D eigenvalue weighted by molar-refractivity contribution is 0.0950. The molecule has 2 rings (SSSR count). The van der Waals surface area contributed by atoms with Crippen LogP contribution in [0.2, 0.25) is 0 Å². The Balaban J connectivity index is 1.91. The monoisotopic (exact) mass is 277 g/mol. The SMILES string of the molecule is O=C(NCc1nn[nH]n1)c1csc(C#CCCO)c1. The van der Waals surface area contributed by atoms with Gasteiger partial charge in [-0.25, -0.2) is 0 Å². The smallest absolute Gasteiger partial charge is 0.252 e. The Bertz CT molecular complexity index is 596. The lowest BCUT2D eigenvalue weighted by atomic mass is 10.3. The molecule has 2 aromatic rings. The molecule has 19 heavy (non-hydrogen) atoms. The number of carbonyl (C=O) groups excluding carboxylic acids is 1. The Labute approximate surface area is 113 Å². The van der Waals surface area contributed by atoms with Gasteiger partial charge in [-0.05, 0) is 6.07 Å². The molecule has 0 unspecified atom stereocenters. The molecule has 0 aromatic carbocycles. The van der Waals surface area contributed by atoms with Crippen LogP contribution in [-0.4, -0.2) is 38.2 Å². The first-order chi connectivity index (χ1) is 9.29. The number of aromatic amines is 1. The predicted octanol–water partition coefficient (Wildman–Crippen LogP) is -0.0749. The van der Waals surface area contributed by atoms with Crippen molar-refractivity contribution in [3.63, 3.8) is 0 Å². The van der Waals surface area contributed by atoms with Gasteiger partial charge in [0.05, 0.1) is 23.6 Å². The zero-order chi connectivity index (χ0) is 13.5. The van der Waals surface area contributed by atoms with Gasteiger partial charge in [-0.15, -0.1) is 21.5 Å². The van der Waals surface area contributed by atoms with E-state index in [0.717, 1.165) is 4.88 Å². The topological polar surface area (TPSA) is 104 Å². The third-order valence-corrected chi connectivity index (χ3v) is 2.95. The number of amides is 1. The Hall–Kier alpha value is -2.24. The minimum Gasteiger partial charge on any atom is -0.395 e. The summed E-state index contributed by atoms with van der Waals surface area (Å²) in [6.45, 7) is 0.257. The highest BCUT2D eigenvalue weighted by molar-refractivity contribution is 7.10. The van der Waals surface area contributed by atoms with E-state index in [1.807, 2.05) is 0 Å². The van der Waals surface area contributed by atoms with Gasteiger partial charge in [0.2, 0.25) is 0 Å². The predicted molar refractivity (Wildman–Crippen MR) is 68.2 cm³/mol. The van der Waals surface area contributed by atoms with Gasteiger partial charge in [0.15, 0.2) is 5.82 Å². The molecule has 8 heteroatoms. The molecule has 0 fully saturated rings. The minimum atomic E-state index is -0.212. The van der Waals surface area contributed by atoms with Crippen molar-refractivity contribution >= 4 is 17.2 Å². The number of nitrogens with one attached hydrogen (secondary N) is 2. The number of rotatable bonds is 4. The number of nitrogens with zero attached hydrogens (tertiary/aromatic N) is 3. The van der Waals surface area contributed by atoms with E-state index in [0.29, 0.717) is 17.8 Å². The summed E-state index contributed by atoms with van der Waals surface area (Å²) in [6.07, 6.45) is 0.428. The van der Waals surface area contributed by atoms with Crippen LogP contribution in [0.4, 0.5) is 0 Å². The highest BCUT2D eigenvalue weighted by atomic mass is 32.1. The highest BCUT2D eigenvalue weighted by Crippen LogP contribution is 2.13. The minimum absolute atomic E-state index is 0.0381. The average Bonchev–Trinajstić information content (AvgIpc) is 3.07. The third kappa shape index (κ3) is 3.87. The lowest BCUT2D eigenvalue weighted by Gasteiger charge is -1.98. The second-order valence-electron chi connectivity index (χ2n) is 3.49. The van der Waals surface area contributed by atoms with E-state index in [2.05, 4.69) is 37.8 Å². The Morgan fingerprint density at radius 3 is 3.21 bits per heavy atom. The number of hydrogen-bond acceptors (Lipinski definition) is 6. The largest absolute Gasteiger partial charge is 0.395 e. The van der Waals surface area contributed by atoms with E-state index in [4.69, 9.17) is 5.11 Å². The molecule has 0 bridgehead atoms. The molecule has 0 saturated carbocycles. The molecule has 0 spiro atoms. The molecule has 0 saturated heterocycles. The molecule has 0 radical (unpaired) electrons. The molecule has 2 heterocycles. The molecule has 0 aliphatic carbocycles. The van der Waals surface area contributed by atoms with Crippen molar-refractivity contribution in [2.24, 2.45) is 0 Å². The number of thiophene rings is 1. The van der Waals surface area contributed by atoms with Crippen molar-refractivity contribution < 1.29 is 9.90 Å². The number of hydrogen-bond donors (Lipinski definition) is 3. The van der Waals surface area contributed by atoms with Crippen molar-refractivity contribution in [3.8, 4) is 11.8 Å². The van der Waals surface area contributed by atoms with Gasteiger partial charge in [0, 0.05) is 11.8 Å². The summed E-state index contributed by atoms with van der Waals surface area (Å²) in [7, 11) is 0. The standard InChI is InChI=1S/C11H11N5O2S/c17-4-2-1-3-9-5-8(7-19-9)11(18)12-6-10-13-15-16-14-10/h5,7,17H,2,4,6H2,(H,12,18)(H,13,14,15,16). The summed E-state index contributed by atoms with van der Waals surface area (Å²) < 4.78 is 0. The zero-order valence-electron chi connectivity index (χ0n) is 9.88. The first-order valence-electron chi connectivity index (χ1n) is 5.48. The maximum Gasteiger partial charge on any atom is 0.252 e. The van der Waals surface area contributed by atoms with E-state index in [1.165, 1.54) is 11.3 Å². The lowest BCUT2D eigenvalue weighted by Crippen LogP contribution is -2.22. The second-order valence-corrected chi connectivity index (χ2v) is 4.40. The van der Waals surface area contributed by atoms with Gasteiger partial charge in [0.25, 0.3) is 5.91 Å². The fourth-order valence-corrected chi connectivity index (χ4v) is 2.00. The summed E-state index contributed by atoms with van der Waals surface area (Å²) in [6, 6.07) is 1.71. The number of aliphatic hydroxyl groups excluding tert-OH is 1. The second kappa shape index (κ2) is 6.63. The van der Waals surface area contributed by atoms with E-state index in [-0.39, 0.29) is 19.1 Å². The van der Waals surface area contributed by atoms with E-state index in [9.17, 15) is 4.79 Å². The number of H-pyrrole nitrogens is 1. The molecule has 0 aliphatic heterocycles. The summed E-state index contributed by atoms with van der Waals surface area (Å²) in [4.78, 5) is 12.6. The molecule has 7 nitrogen and oxygen atoms in total. The van der Waals surface area contributed by atoms with Crippen molar-refractivity contribution in [3.05, 3.63) is 27.7 Å². The first kappa shape index (κ1) is 13.2. The van der Waals surface area contributed by atoms with Crippen molar-refractivity contribution in [1.82, 2.24) is 25.9 Å². The number of aliphatic hydroxyl groups is 1. The molecule has 98 valence electrons. The van der Waals surface area contributed by atoms with Crippen LogP contribution in [0.5, 0.6) is 0 Å². The van der Waals surface area contributed by atoms with E-state index >= 15 is 0 Å². The zero-order valence-corrected chi connectivity index (χ0v) is 10.7. The maximum absolute atomic E-state index is 11.8. The van der Waals surface area contributed by atoms with Gasteiger partial charge in [-0.1, -0.05) is 17.1 Å². The quantitative estimate of drug-likeness (QED) is 0.678. The van der Waals surface area contributed by atoms with E-state index in [1.54, 1.807) is 11.4 Å². The van der Waals surface area contributed by atoms with Gasteiger partial charge in [-0.2, -0.15) is 5.21 Å². The Morgan fingerprint density at radius 1 is 1.58 bits per heavy atom. The van der Waals surface area contributed by atoms with Crippen LogP contribution in [0.15, 0.2) is 11.4 Å². The molecule has 3 N–H and O–H groups in total. The van der Waals surface area contributed by atoms with Crippen molar-refractivity contribution in [2.75, 3.05) is 6.61 Å². The van der Waals surface area contributed by atoms with Crippen LogP contribution in [-0.2, 0) is 6.54 Å². The maximum atomic E-state index is 11.8. The Kier molecular flexibility index (Phi) is 4.60. The summed E-state index contributed by atoms with van der Waals surface area (Å²) in [5.74, 6) is 5.89. The van der Waals surface area contributed by atoms with Gasteiger partial charge < -0.3 is 10.4 Å². The third-order valence-electron chi connectivity index (χ3n) is 2.11. The molecule has 0 aliphatic rings. The van der Waals surface area contributed by atoms with Crippen LogP contribution in [0, 0.1) is 11.8 Å². The summed E-state index contributed by atoms with van der Waals surface area (Å²) in [5.41, 5.74) is 0.543. The Morgan fingerprint density at radius 2 is 2.47 bits per heavy atom. The normalized spacial score (nSPS) is 9.74. The number of aromatic nitrogens is 4. The van der Waals surface area contributed by atoms with Gasteiger partial charge in [-0.3, -0.25) is 4.79 Å². The summed E-state index contributed by atoms with van der Waals surface area (Å²) >= 11 is 1.39. The highest BCUT2D eigenvalue weighted by Gasteiger charge is 2.08. The molecular weight excluding hydrogens is 266 g/mol.